The van der Waals surface area contributed by atoms with Gasteiger partial charge in [-0.2, -0.15) is 0 Å². The van der Waals surface area contributed by atoms with Gasteiger partial charge in [0.2, 0.25) is 0 Å². The molecule has 0 aliphatic heterocycles. The minimum atomic E-state index is 0.316. The lowest BCUT2D eigenvalue weighted by atomic mass is 10.2. The van der Waals surface area contributed by atoms with Crippen LogP contribution < -0.4 is 5.73 Å². The molecule has 3 nitrogen and oxygen atoms in total. The van der Waals surface area contributed by atoms with E-state index in [1.807, 2.05) is 0 Å². The number of nitrogens with two attached hydrogens (primary N) is 1. The van der Waals surface area contributed by atoms with Gasteiger partial charge in [-0.25, -0.2) is 0 Å². The van der Waals surface area contributed by atoms with E-state index in [0.717, 1.165) is 32.4 Å². The van der Waals surface area contributed by atoms with Gasteiger partial charge in [-0.3, -0.25) is 0 Å². The molecule has 0 rings (SSSR count). The first kappa shape index (κ1) is 11.9. The van der Waals surface area contributed by atoms with E-state index in [9.17, 15) is 0 Å². The Morgan fingerprint density at radius 1 is 1.33 bits per heavy atom. The highest BCUT2D eigenvalue weighted by Crippen LogP contribution is 1.99. The van der Waals surface area contributed by atoms with Gasteiger partial charge in [0.25, 0.3) is 0 Å². The van der Waals surface area contributed by atoms with Crippen LogP contribution in [0.4, 0.5) is 0 Å². The van der Waals surface area contributed by atoms with E-state index in [4.69, 9.17) is 10.8 Å². The summed E-state index contributed by atoms with van der Waals surface area (Å²) in [6, 6.07) is 0.471. The maximum absolute atomic E-state index is 8.55. The molecule has 1 unspecified atom stereocenters. The van der Waals surface area contributed by atoms with Gasteiger partial charge in [-0.05, 0) is 39.8 Å². The van der Waals surface area contributed by atoms with E-state index in [-0.39, 0.29) is 0 Å². The fourth-order valence-corrected chi connectivity index (χ4v) is 1.05. The number of aliphatic hydroxyl groups is 1. The van der Waals surface area contributed by atoms with E-state index in [1.165, 1.54) is 0 Å². The summed E-state index contributed by atoms with van der Waals surface area (Å²) in [7, 11) is 2.09. The van der Waals surface area contributed by atoms with Crippen molar-refractivity contribution in [3.8, 4) is 0 Å². The molecule has 0 aliphatic rings. The Morgan fingerprint density at radius 3 is 2.50 bits per heavy atom. The standard InChI is InChI=1S/C9H22N2O/c1-9(8-10)11(2)6-4-3-5-7-12/h9,12H,3-8,10H2,1-2H3. The average Bonchev–Trinajstić information content (AvgIpc) is 2.10. The lowest BCUT2D eigenvalue weighted by Crippen LogP contribution is -2.35. The van der Waals surface area contributed by atoms with Gasteiger partial charge in [-0.1, -0.05) is 0 Å². The minimum Gasteiger partial charge on any atom is -0.396 e. The highest BCUT2D eigenvalue weighted by Gasteiger charge is 2.04. The predicted molar refractivity (Wildman–Crippen MR) is 52.1 cm³/mol. The van der Waals surface area contributed by atoms with Crippen LogP contribution in [0.1, 0.15) is 26.2 Å². The molecule has 0 aromatic heterocycles. The van der Waals surface area contributed by atoms with Crippen molar-refractivity contribution in [3.63, 3.8) is 0 Å². The molecule has 1 atom stereocenters. The third-order valence-electron chi connectivity index (χ3n) is 2.26. The lowest BCUT2D eigenvalue weighted by molar-refractivity contribution is 0.245. The van der Waals surface area contributed by atoms with E-state index in [2.05, 4.69) is 18.9 Å². The first-order valence-electron chi connectivity index (χ1n) is 4.73. The van der Waals surface area contributed by atoms with Crippen LogP contribution in [0.5, 0.6) is 0 Å². The van der Waals surface area contributed by atoms with Crippen LogP contribution in [-0.2, 0) is 0 Å². The minimum absolute atomic E-state index is 0.316. The van der Waals surface area contributed by atoms with Crippen molar-refractivity contribution in [2.24, 2.45) is 5.73 Å². The molecule has 0 spiro atoms. The molecule has 0 bridgehead atoms. The molecule has 3 N–H and O–H groups in total. The number of rotatable bonds is 7. The van der Waals surface area contributed by atoms with Crippen molar-refractivity contribution in [2.75, 3.05) is 26.7 Å². The van der Waals surface area contributed by atoms with Crippen molar-refractivity contribution in [1.82, 2.24) is 4.90 Å². The average molecular weight is 174 g/mol. The van der Waals surface area contributed by atoms with Crippen molar-refractivity contribution < 1.29 is 5.11 Å². The van der Waals surface area contributed by atoms with Gasteiger partial charge >= 0.3 is 0 Å². The third kappa shape index (κ3) is 5.52. The zero-order valence-electron chi connectivity index (χ0n) is 8.29. The first-order valence-corrected chi connectivity index (χ1v) is 4.73. The number of likely N-dealkylation sites (N-methyl/N-ethyl adjacent to an activating group) is 1. The topological polar surface area (TPSA) is 49.5 Å². The smallest absolute Gasteiger partial charge is 0.0431 e. The maximum atomic E-state index is 8.55. The summed E-state index contributed by atoms with van der Waals surface area (Å²) in [6.45, 7) is 4.25. The molecule has 0 aromatic rings. The first-order chi connectivity index (χ1) is 5.72. The van der Waals surface area contributed by atoms with Crippen LogP contribution in [-0.4, -0.2) is 42.8 Å². The Labute approximate surface area is 75.6 Å². The normalized spacial score (nSPS) is 13.8. The van der Waals surface area contributed by atoms with Crippen LogP contribution >= 0.6 is 0 Å². The molecule has 0 fully saturated rings. The van der Waals surface area contributed by atoms with Crippen molar-refractivity contribution >= 4 is 0 Å². The molecule has 0 saturated heterocycles. The van der Waals surface area contributed by atoms with E-state index in [1.54, 1.807) is 0 Å². The van der Waals surface area contributed by atoms with Crippen molar-refractivity contribution in [2.45, 2.75) is 32.2 Å². The predicted octanol–water partition coefficient (Wildman–Crippen LogP) is 0.428. The summed E-state index contributed by atoms with van der Waals surface area (Å²) < 4.78 is 0. The Bertz CT molecular complexity index is 98.5. The Hall–Kier alpha value is -0.120. The number of nitrogens with zero attached hydrogens (tertiary/aromatic N) is 1. The van der Waals surface area contributed by atoms with Crippen LogP contribution in [0.15, 0.2) is 0 Å². The van der Waals surface area contributed by atoms with Gasteiger partial charge in [-0.15, -0.1) is 0 Å². The summed E-state index contributed by atoms with van der Waals surface area (Å²) in [6.07, 6.45) is 3.18. The number of unbranched alkanes of at least 4 members (excludes halogenated alkanes) is 2. The zero-order valence-corrected chi connectivity index (χ0v) is 8.29. The molecular formula is C9H22N2O. The summed E-state index contributed by atoms with van der Waals surface area (Å²) in [5.41, 5.74) is 5.52. The molecular weight excluding hydrogens is 152 g/mol. The fraction of sp³-hybridized carbons (Fsp3) is 1.00. The Balaban J connectivity index is 3.24. The number of aliphatic hydroxyl groups excluding tert-OH is 1. The summed E-state index contributed by atoms with van der Waals surface area (Å²) in [5, 5.41) is 8.55. The van der Waals surface area contributed by atoms with Crippen LogP contribution in [0.2, 0.25) is 0 Å². The molecule has 0 aliphatic carbocycles. The monoisotopic (exact) mass is 174 g/mol. The highest BCUT2D eigenvalue weighted by molar-refractivity contribution is 4.62. The van der Waals surface area contributed by atoms with Gasteiger partial charge in [0, 0.05) is 19.2 Å². The van der Waals surface area contributed by atoms with Crippen molar-refractivity contribution in [3.05, 3.63) is 0 Å². The number of hydrogen-bond donors (Lipinski definition) is 2. The quantitative estimate of drug-likeness (QED) is 0.550. The van der Waals surface area contributed by atoms with Gasteiger partial charge in [0.05, 0.1) is 0 Å². The maximum Gasteiger partial charge on any atom is 0.0431 e. The Morgan fingerprint density at radius 2 is 2.00 bits per heavy atom. The van der Waals surface area contributed by atoms with E-state index >= 15 is 0 Å². The third-order valence-corrected chi connectivity index (χ3v) is 2.26. The summed E-state index contributed by atoms with van der Waals surface area (Å²) >= 11 is 0. The van der Waals surface area contributed by atoms with Crippen molar-refractivity contribution in [1.29, 1.82) is 0 Å². The largest absolute Gasteiger partial charge is 0.396 e. The molecule has 74 valence electrons. The summed E-state index contributed by atoms with van der Waals surface area (Å²) in [4.78, 5) is 2.26. The van der Waals surface area contributed by atoms with Gasteiger partial charge < -0.3 is 15.7 Å². The molecule has 0 aromatic carbocycles. The van der Waals surface area contributed by atoms with Crippen LogP contribution in [0, 0.1) is 0 Å². The second-order valence-corrected chi connectivity index (χ2v) is 3.35. The molecule has 0 radical (unpaired) electrons. The lowest BCUT2D eigenvalue weighted by Gasteiger charge is -2.22. The molecule has 0 amide bonds. The SMILES string of the molecule is CC(CN)N(C)CCCCCO. The van der Waals surface area contributed by atoms with E-state index < -0.39 is 0 Å². The highest BCUT2D eigenvalue weighted by atomic mass is 16.2. The summed E-state index contributed by atoms with van der Waals surface area (Å²) in [5.74, 6) is 0. The van der Waals surface area contributed by atoms with Gasteiger partial charge in [0.1, 0.15) is 0 Å². The van der Waals surface area contributed by atoms with Crippen LogP contribution in [0.3, 0.4) is 0 Å². The molecule has 3 heteroatoms. The fourth-order valence-electron chi connectivity index (χ4n) is 1.05. The number of hydrogen-bond acceptors (Lipinski definition) is 3. The second-order valence-electron chi connectivity index (χ2n) is 3.35. The van der Waals surface area contributed by atoms with Gasteiger partial charge in [0.15, 0.2) is 0 Å². The van der Waals surface area contributed by atoms with E-state index in [0.29, 0.717) is 12.6 Å². The second kappa shape index (κ2) is 7.53. The molecule has 12 heavy (non-hydrogen) atoms. The zero-order chi connectivity index (χ0) is 9.40. The Kier molecular flexibility index (Phi) is 7.45. The van der Waals surface area contributed by atoms with Crippen LogP contribution in [0.25, 0.3) is 0 Å². The molecule has 0 heterocycles. The molecule has 0 saturated carbocycles.